The monoisotopic (exact) mass is 254 g/mol. The van der Waals surface area contributed by atoms with Crippen molar-refractivity contribution in [3.8, 4) is 0 Å². The predicted octanol–water partition coefficient (Wildman–Crippen LogP) is 2.45. The lowest BCUT2D eigenvalue weighted by Gasteiger charge is -2.10. The summed E-state index contributed by atoms with van der Waals surface area (Å²) in [5, 5.41) is 13.7. The lowest BCUT2D eigenvalue weighted by atomic mass is 10.1. The summed E-state index contributed by atoms with van der Waals surface area (Å²) in [6.07, 6.45) is 1.75. The predicted molar refractivity (Wildman–Crippen MR) is 65.3 cm³/mol. The third-order valence-electron chi connectivity index (χ3n) is 2.29. The summed E-state index contributed by atoms with van der Waals surface area (Å²) in [7, 11) is 0. The third-order valence-corrected chi connectivity index (χ3v) is 2.29. The van der Waals surface area contributed by atoms with E-state index in [1.54, 1.807) is 0 Å². The van der Waals surface area contributed by atoms with Crippen molar-refractivity contribution >= 4 is 17.7 Å². The number of carbonyl (C=O) groups excluding carboxylic acids is 1. The molecule has 0 fully saturated rings. The van der Waals surface area contributed by atoms with Crippen molar-refractivity contribution < 1.29 is 19.1 Å². The van der Waals surface area contributed by atoms with Gasteiger partial charge in [-0.05, 0) is 18.6 Å². The molecule has 0 radical (unpaired) electrons. The number of carboxylic acid groups (broad SMARTS) is 1. The smallest absolute Gasteiger partial charge is 0.340 e. The Labute approximate surface area is 104 Å². The molecule has 0 heterocycles. The van der Waals surface area contributed by atoms with E-state index in [1.807, 2.05) is 6.92 Å². The van der Waals surface area contributed by atoms with E-state index in [9.17, 15) is 14.0 Å². The fraction of sp³-hybridized carbons (Fsp3) is 0.333. The van der Waals surface area contributed by atoms with Crippen molar-refractivity contribution in [1.82, 2.24) is 5.32 Å². The van der Waals surface area contributed by atoms with E-state index in [1.165, 1.54) is 12.1 Å². The van der Waals surface area contributed by atoms with Gasteiger partial charge < -0.3 is 15.7 Å². The van der Waals surface area contributed by atoms with E-state index < -0.39 is 23.4 Å². The molecule has 0 atom stereocenters. The minimum atomic E-state index is -1.42. The van der Waals surface area contributed by atoms with E-state index in [-0.39, 0.29) is 5.69 Å². The fourth-order valence-corrected chi connectivity index (χ4v) is 1.39. The molecule has 0 unspecified atom stereocenters. The number of anilines is 1. The topological polar surface area (TPSA) is 78.4 Å². The molecular formula is C12H15FN2O3. The van der Waals surface area contributed by atoms with Gasteiger partial charge in [-0.15, -0.1) is 0 Å². The van der Waals surface area contributed by atoms with Crippen LogP contribution in [0.15, 0.2) is 18.2 Å². The number of hydrogen-bond acceptors (Lipinski definition) is 2. The number of hydrogen-bond donors (Lipinski definition) is 3. The van der Waals surface area contributed by atoms with Crippen molar-refractivity contribution in [3.63, 3.8) is 0 Å². The van der Waals surface area contributed by atoms with Gasteiger partial charge in [0.25, 0.3) is 0 Å². The van der Waals surface area contributed by atoms with E-state index in [0.717, 1.165) is 18.9 Å². The molecule has 0 bridgehead atoms. The number of rotatable bonds is 5. The zero-order valence-corrected chi connectivity index (χ0v) is 10.00. The van der Waals surface area contributed by atoms with Crippen molar-refractivity contribution in [1.29, 1.82) is 0 Å². The fourth-order valence-electron chi connectivity index (χ4n) is 1.39. The van der Waals surface area contributed by atoms with Crippen molar-refractivity contribution in [2.45, 2.75) is 19.8 Å². The van der Waals surface area contributed by atoms with Gasteiger partial charge in [0.2, 0.25) is 0 Å². The zero-order valence-electron chi connectivity index (χ0n) is 10.00. The number of nitrogens with one attached hydrogen (secondary N) is 2. The van der Waals surface area contributed by atoms with Gasteiger partial charge in [-0.3, -0.25) is 0 Å². The molecule has 0 aliphatic rings. The first-order valence-electron chi connectivity index (χ1n) is 5.63. The van der Waals surface area contributed by atoms with Gasteiger partial charge in [0.05, 0.1) is 5.69 Å². The van der Waals surface area contributed by atoms with Crippen molar-refractivity contribution in [3.05, 3.63) is 29.6 Å². The van der Waals surface area contributed by atoms with Crippen LogP contribution >= 0.6 is 0 Å². The maximum atomic E-state index is 13.3. The highest BCUT2D eigenvalue weighted by atomic mass is 19.1. The lowest BCUT2D eigenvalue weighted by Crippen LogP contribution is -2.30. The van der Waals surface area contributed by atoms with E-state index in [4.69, 9.17) is 5.11 Å². The van der Waals surface area contributed by atoms with Crippen LogP contribution in [0.3, 0.4) is 0 Å². The van der Waals surface area contributed by atoms with Crippen LogP contribution in [0.1, 0.15) is 30.1 Å². The van der Waals surface area contributed by atoms with Gasteiger partial charge in [-0.25, -0.2) is 14.0 Å². The molecule has 98 valence electrons. The molecular weight excluding hydrogens is 239 g/mol. The Hall–Kier alpha value is -2.11. The minimum Gasteiger partial charge on any atom is -0.478 e. The molecule has 0 aromatic heterocycles. The van der Waals surface area contributed by atoms with Gasteiger partial charge >= 0.3 is 12.0 Å². The number of halogens is 1. The number of amides is 2. The minimum absolute atomic E-state index is 0.0588. The summed E-state index contributed by atoms with van der Waals surface area (Å²) >= 11 is 0. The highest BCUT2D eigenvalue weighted by Crippen LogP contribution is 2.18. The molecule has 5 nitrogen and oxygen atoms in total. The van der Waals surface area contributed by atoms with Crippen LogP contribution in [0.25, 0.3) is 0 Å². The number of aromatic carboxylic acids is 1. The number of unbranched alkanes of at least 4 members (excludes halogenated alkanes) is 1. The molecule has 1 aromatic carbocycles. The number of carbonyl (C=O) groups is 2. The summed E-state index contributed by atoms with van der Waals surface area (Å²) in [5.74, 6) is -2.30. The maximum absolute atomic E-state index is 13.3. The molecule has 3 N–H and O–H groups in total. The van der Waals surface area contributed by atoms with Crippen molar-refractivity contribution in [2.24, 2.45) is 0 Å². The Morgan fingerprint density at radius 1 is 1.39 bits per heavy atom. The van der Waals surface area contributed by atoms with Crippen LogP contribution in [0.2, 0.25) is 0 Å². The van der Waals surface area contributed by atoms with Crippen LogP contribution in [-0.2, 0) is 0 Å². The molecule has 1 rings (SSSR count). The van der Waals surface area contributed by atoms with Gasteiger partial charge in [0, 0.05) is 6.54 Å². The van der Waals surface area contributed by atoms with Gasteiger partial charge in [-0.2, -0.15) is 0 Å². The Balaban J connectivity index is 2.75. The summed E-state index contributed by atoms with van der Waals surface area (Å²) in [4.78, 5) is 22.3. The third kappa shape index (κ3) is 3.73. The summed E-state index contributed by atoms with van der Waals surface area (Å²) in [6.45, 7) is 2.47. The molecule has 2 amide bonds. The van der Waals surface area contributed by atoms with Crippen molar-refractivity contribution in [2.75, 3.05) is 11.9 Å². The Bertz CT molecular complexity index is 449. The SMILES string of the molecule is CCCCNC(=O)Nc1cccc(F)c1C(=O)O. The molecule has 6 heteroatoms. The van der Waals surface area contributed by atoms with Gasteiger partial charge in [-0.1, -0.05) is 19.4 Å². The number of carboxylic acids is 1. The zero-order chi connectivity index (χ0) is 13.5. The number of urea groups is 1. The molecule has 0 aliphatic carbocycles. The summed E-state index contributed by atoms with van der Waals surface area (Å²) in [5.41, 5.74) is -0.598. The quantitative estimate of drug-likeness (QED) is 0.706. The second-order valence-corrected chi connectivity index (χ2v) is 3.70. The summed E-state index contributed by atoms with van der Waals surface area (Å²) in [6, 6.07) is 3.16. The standard InChI is InChI=1S/C12H15FN2O3/c1-2-3-7-14-12(18)15-9-6-4-5-8(13)10(9)11(16)17/h4-6H,2-3,7H2,1H3,(H,16,17)(H2,14,15,18). The Morgan fingerprint density at radius 2 is 2.11 bits per heavy atom. The largest absolute Gasteiger partial charge is 0.478 e. The first-order chi connectivity index (χ1) is 8.56. The van der Waals surface area contributed by atoms with Crippen LogP contribution in [0, 0.1) is 5.82 Å². The molecule has 0 saturated carbocycles. The maximum Gasteiger partial charge on any atom is 0.340 e. The average molecular weight is 254 g/mol. The highest BCUT2D eigenvalue weighted by Gasteiger charge is 2.16. The number of benzene rings is 1. The van der Waals surface area contributed by atoms with Gasteiger partial charge in [0.15, 0.2) is 0 Å². The van der Waals surface area contributed by atoms with Crippen LogP contribution < -0.4 is 10.6 Å². The molecule has 0 aliphatic heterocycles. The Morgan fingerprint density at radius 3 is 2.72 bits per heavy atom. The normalized spacial score (nSPS) is 9.89. The van der Waals surface area contributed by atoms with Gasteiger partial charge in [0.1, 0.15) is 11.4 Å². The molecule has 18 heavy (non-hydrogen) atoms. The molecule has 0 saturated heterocycles. The second kappa shape index (κ2) is 6.58. The van der Waals surface area contributed by atoms with Crippen LogP contribution in [-0.4, -0.2) is 23.7 Å². The van der Waals surface area contributed by atoms with Crippen LogP contribution in [0.5, 0.6) is 0 Å². The van der Waals surface area contributed by atoms with E-state index >= 15 is 0 Å². The first-order valence-corrected chi connectivity index (χ1v) is 5.63. The average Bonchev–Trinajstić information content (AvgIpc) is 2.28. The lowest BCUT2D eigenvalue weighted by molar-refractivity contribution is 0.0693. The Kier molecular flexibility index (Phi) is 5.10. The van der Waals surface area contributed by atoms with Crippen LogP contribution in [0.4, 0.5) is 14.9 Å². The summed E-state index contributed by atoms with van der Waals surface area (Å²) < 4.78 is 13.3. The first kappa shape index (κ1) is 14.0. The molecule has 1 aromatic rings. The highest BCUT2D eigenvalue weighted by molar-refractivity contribution is 6.00. The van der Waals surface area contributed by atoms with E-state index in [0.29, 0.717) is 6.54 Å². The molecule has 0 spiro atoms. The second-order valence-electron chi connectivity index (χ2n) is 3.70. The van der Waals surface area contributed by atoms with E-state index in [2.05, 4.69) is 10.6 Å².